The molecular formula is C28H27N3O3. The summed E-state index contributed by atoms with van der Waals surface area (Å²) >= 11 is 0. The number of hydrogen-bond donors (Lipinski definition) is 2. The van der Waals surface area contributed by atoms with Gasteiger partial charge in [-0.25, -0.2) is 0 Å². The van der Waals surface area contributed by atoms with Crippen LogP contribution in [0.1, 0.15) is 36.1 Å². The van der Waals surface area contributed by atoms with E-state index in [1.54, 1.807) is 24.3 Å². The van der Waals surface area contributed by atoms with Crippen molar-refractivity contribution >= 4 is 34.7 Å². The van der Waals surface area contributed by atoms with Crippen molar-refractivity contribution in [1.82, 2.24) is 4.90 Å². The van der Waals surface area contributed by atoms with Crippen molar-refractivity contribution in [2.75, 3.05) is 10.6 Å². The predicted octanol–water partition coefficient (Wildman–Crippen LogP) is 4.91. The molecule has 6 heteroatoms. The van der Waals surface area contributed by atoms with E-state index in [0.717, 1.165) is 23.2 Å². The molecule has 2 N–H and O–H groups in total. The van der Waals surface area contributed by atoms with Crippen LogP contribution in [0.2, 0.25) is 0 Å². The van der Waals surface area contributed by atoms with Crippen molar-refractivity contribution in [1.29, 1.82) is 0 Å². The summed E-state index contributed by atoms with van der Waals surface area (Å²) in [5.74, 6) is -0.905. The third-order valence-electron chi connectivity index (χ3n) is 5.75. The summed E-state index contributed by atoms with van der Waals surface area (Å²) in [5, 5.41) is 5.91. The van der Waals surface area contributed by atoms with Gasteiger partial charge in [-0.1, -0.05) is 61.0 Å². The summed E-state index contributed by atoms with van der Waals surface area (Å²) in [4.78, 5) is 39.5. The molecule has 0 saturated heterocycles. The Kier molecular flexibility index (Phi) is 6.59. The number of nitrogens with one attached hydrogen (secondary N) is 2. The van der Waals surface area contributed by atoms with Gasteiger partial charge in [0.25, 0.3) is 11.8 Å². The highest BCUT2D eigenvalue weighted by Crippen LogP contribution is 2.32. The molecule has 0 aliphatic carbocycles. The average molecular weight is 454 g/mol. The fourth-order valence-corrected chi connectivity index (χ4v) is 3.87. The van der Waals surface area contributed by atoms with Crippen LogP contribution in [-0.4, -0.2) is 22.6 Å². The molecule has 0 bridgehead atoms. The Labute approximate surface area is 199 Å². The van der Waals surface area contributed by atoms with Gasteiger partial charge in [0.1, 0.15) is 5.70 Å². The number of imide groups is 1. The molecule has 3 aromatic carbocycles. The van der Waals surface area contributed by atoms with Gasteiger partial charge in [0, 0.05) is 18.3 Å². The predicted molar refractivity (Wildman–Crippen MR) is 134 cm³/mol. The van der Waals surface area contributed by atoms with Crippen LogP contribution in [0.5, 0.6) is 0 Å². The second-order valence-corrected chi connectivity index (χ2v) is 8.37. The molecule has 3 aromatic rings. The van der Waals surface area contributed by atoms with Crippen molar-refractivity contribution < 1.29 is 14.4 Å². The first kappa shape index (κ1) is 23.0. The molecule has 0 spiro atoms. The molecule has 0 atom stereocenters. The number of rotatable bonds is 7. The number of carbonyl (C=O) groups excluding carboxylic acids is 3. The Morgan fingerprint density at radius 3 is 1.97 bits per heavy atom. The second kappa shape index (κ2) is 9.75. The number of hydrogen-bond acceptors (Lipinski definition) is 4. The average Bonchev–Trinajstić information content (AvgIpc) is 3.05. The van der Waals surface area contributed by atoms with Crippen LogP contribution in [0.4, 0.5) is 11.4 Å². The fourth-order valence-electron chi connectivity index (χ4n) is 3.87. The van der Waals surface area contributed by atoms with Gasteiger partial charge < -0.3 is 10.6 Å². The molecule has 34 heavy (non-hydrogen) atoms. The smallest absolute Gasteiger partial charge is 0.278 e. The van der Waals surface area contributed by atoms with E-state index < -0.39 is 0 Å². The van der Waals surface area contributed by atoms with Gasteiger partial charge in [0.15, 0.2) is 0 Å². The van der Waals surface area contributed by atoms with Crippen LogP contribution >= 0.6 is 0 Å². The standard InChI is InChI=1S/C28H27N3O3/c1-4-20-9-13-24(14-10-20)30-26-25(22-11-15-23(16-12-22)29-19(3)32)27(33)31(28(26)34)17-21-7-5-18(2)6-8-21/h5-16,30H,4,17H2,1-3H3,(H,29,32). The van der Waals surface area contributed by atoms with Gasteiger partial charge in [-0.2, -0.15) is 0 Å². The lowest BCUT2D eigenvalue weighted by molar-refractivity contribution is -0.137. The van der Waals surface area contributed by atoms with E-state index in [1.807, 2.05) is 55.5 Å². The number of nitrogens with zero attached hydrogens (tertiary/aromatic N) is 1. The lowest BCUT2D eigenvalue weighted by atomic mass is 10.0. The van der Waals surface area contributed by atoms with E-state index in [2.05, 4.69) is 17.6 Å². The number of anilines is 2. The molecule has 0 aromatic heterocycles. The molecule has 0 unspecified atom stereocenters. The summed E-state index contributed by atoms with van der Waals surface area (Å²) < 4.78 is 0. The molecule has 1 aliphatic rings. The quantitative estimate of drug-likeness (QED) is 0.499. The van der Waals surface area contributed by atoms with Gasteiger partial charge in [0.2, 0.25) is 5.91 Å². The molecule has 1 aliphatic heterocycles. The Hall–Kier alpha value is -4.19. The third kappa shape index (κ3) is 4.91. The zero-order valence-corrected chi connectivity index (χ0v) is 19.5. The van der Waals surface area contributed by atoms with Crippen LogP contribution in [0.3, 0.4) is 0 Å². The van der Waals surface area contributed by atoms with Crippen LogP contribution in [-0.2, 0) is 27.3 Å². The van der Waals surface area contributed by atoms with Crippen LogP contribution < -0.4 is 10.6 Å². The minimum absolute atomic E-state index is 0.179. The molecule has 0 radical (unpaired) electrons. The Morgan fingerprint density at radius 1 is 0.794 bits per heavy atom. The summed E-state index contributed by atoms with van der Waals surface area (Å²) in [6.07, 6.45) is 0.913. The summed E-state index contributed by atoms with van der Waals surface area (Å²) in [7, 11) is 0. The highest BCUT2D eigenvalue weighted by Gasteiger charge is 2.39. The molecule has 1 heterocycles. The molecule has 4 rings (SSSR count). The van der Waals surface area contributed by atoms with Crippen LogP contribution in [0.25, 0.3) is 5.57 Å². The maximum Gasteiger partial charge on any atom is 0.278 e. The van der Waals surface area contributed by atoms with Gasteiger partial charge in [-0.15, -0.1) is 0 Å². The highest BCUT2D eigenvalue weighted by molar-refractivity contribution is 6.36. The number of benzene rings is 3. The SMILES string of the molecule is CCc1ccc(NC2=C(c3ccc(NC(C)=O)cc3)C(=O)N(Cc3ccc(C)cc3)C2=O)cc1. The first-order valence-corrected chi connectivity index (χ1v) is 11.3. The summed E-state index contributed by atoms with van der Waals surface area (Å²) in [6, 6.07) is 22.5. The number of aryl methyl sites for hydroxylation is 2. The maximum atomic E-state index is 13.5. The van der Waals surface area contributed by atoms with Gasteiger partial charge >= 0.3 is 0 Å². The van der Waals surface area contributed by atoms with Crippen molar-refractivity contribution in [3.8, 4) is 0 Å². The Balaban J connectivity index is 1.70. The minimum atomic E-state index is -0.369. The molecule has 0 fully saturated rings. The van der Waals surface area contributed by atoms with Crippen LogP contribution in [0.15, 0.2) is 78.5 Å². The Morgan fingerprint density at radius 2 is 1.38 bits per heavy atom. The molecule has 3 amide bonds. The maximum absolute atomic E-state index is 13.5. The van der Waals surface area contributed by atoms with Crippen molar-refractivity contribution in [2.45, 2.75) is 33.7 Å². The molecule has 6 nitrogen and oxygen atoms in total. The normalized spacial score (nSPS) is 13.4. The lowest BCUT2D eigenvalue weighted by Gasteiger charge is -2.15. The van der Waals surface area contributed by atoms with E-state index in [9.17, 15) is 14.4 Å². The summed E-state index contributed by atoms with van der Waals surface area (Å²) in [6.45, 7) is 5.69. The molecular weight excluding hydrogens is 426 g/mol. The zero-order valence-electron chi connectivity index (χ0n) is 19.5. The van der Waals surface area contributed by atoms with Crippen molar-refractivity contribution in [2.24, 2.45) is 0 Å². The monoisotopic (exact) mass is 453 g/mol. The summed E-state index contributed by atoms with van der Waals surface area (Å²) in [5.41, 5.74) is 5.68. The first-order chi connectivity index (χ1) is 16.4. The van der Waals surface area contributed by atoms with Crippen molar-refractivity contribution in [3.05, 3.63) is 101 Å². The van der Waals surface area contributed by atoms with E-state index in [0.29, 0.717) is 16.8 Å². The third-order valence-corrected chi connectivity index (χ3v) is 5.75. The van der Waals surface area contributed by atoms with Crippen LogP contribution in [0, 0.1) is 6.92 Å². The largest absolute Gasteiger partial charge is 0.350 e. The van der Waals surface area contributed by atoms with E-state index >= 15 is 0 Å². The van der Waals surface area contributed by atoms with Crippen molar-refractivity contribution in [3.63, 3.8) is 0 Å². The highest BCUT2D eigenvalue weighted by atomic mass is 16.2. The lowest BCUT2D eigenvalue weighted by Crippen LogP contribution is -2.32. The second-order valence-electron chi connectivity index (χ2n) is 8.37. The fraction of sp³-hybridized carbons (Fsp3) is 0.179. The Bertz CT molecular complexity index is 1260. The first-order valence-electron chi connectivity index (χ1n) is 11.3. The minimum Gasteiger partial charge on any atom is -0.350 e. The van der Waals surface area contributed by atoms with E-state index in [-0.39, 0.29) is 30.0 Å². The molecule has 0 saturated carbocycles. The van der Waals surface area contributed by atoms with E-state index in [1.165, 1.54) is 17.4 Å². The van der Waals surface area contributed by atoms with Gasteiger partial charge in [-0.05, 0) is 54.3 Å². The zero-order chi connectivity index (χ0) is 24.2. The topological polar surface area (TPSA) is 78.5 Å². The van der Waals surface area contributed by atoms with Gasteiger partial charge in [0.05, 0.1) is 12.1 Å². The number of amides is 3. The molecule has 172 valence electrons. The van der Waals surface area contributed by atoms with E-state index in [4.69, 9.17) is 0 Å². The van der Waals surface area contributed by atoms with Gasteiger partial charge in [-0.3, -0.25) is 19.3 Å². The number of carbonyl (C=O) groups is 3.